The molecule has 0 atom stereocenters. The number of unbranched alkanes of at least 4 members (excludes halogenated alkanes) is 7. The molecule has 1 heteroatoms. The van der Waals surface area contributed by atoms with Crippen LogP contribution in [0.3, 0.4) is 0 Å². The van der Waals surface area contributed by atoms with Crippen molar-refractivity contribution >= 4 is 10.9 Å². The fourth-order valence-electron chi connectivity index (χ4n) is 2.92. The van der Waals surface area contributed by atoms with Crippen LogP contribution in [0.1, 0.15) is 58.3 Å². The van der Waals surface area contributed by atoms with E-state index in [0.29, 0.717) is 0 Å². The summed E-state index contributed by atoms with van der Waals surface area (Å²) in [5.74, 6) is 1.29. The van der Waals surface area contributed by atoms with E-state index in [1.165, 1.54) is 66.9 Å². The highest BCUT2D eigenvalue weighted by Gasteiger charge is 2.23. The van der Waals surface area contributed by atoms with Crippen LogP contribution in [-0.2, 0) is 10.9 Å². The molecular weight excluding hydrogens is 296 g/mol. The van der Waals surface area contributed by atoms with Crippen molar-refractivity contribution < 1.29 is 0 Å². The number of hydrogen-bond acceptors (Lipinski definition) is 0. The largest absolute Gasteiger partial charge is 0.160 e. The monoisotopic (exact) mass is 327 g/mol. The topological polar surface area (TPSA) is 0 Å². The minimum atomic E-state index is 0.239. The van der Waals surface area contributed by atoms with E-state index >= 15 is 0 Å². The minimum Gasteiger partial charge on any atom is -0.0654 e. The van der Waals surface area contributed by atoms with Crippen LogP contribution in [0, 0.1) is 0 Å². The van der Waals surface area contributed by atoms with Crippen molar-refractivity contribution in [3.63, 3.8) is 0 Å². The predicted octanol–water partition coefficient (Wildman–Crippen LogP) is 6.86. The second-order valence-electron chi connectivity index (χ2n) is 6.20. The molecule has 0 nitrogen and oxygen atoms in total. The van der Waals surface area contributed by atoms with Crippen molar-refractivity contribution in [1.29, 1.82) is 0 Å². The Bertz CT molecular complexity index is 467. The van der Waals surface area contributed by atoms with E-state index in [1.807, 2.05) is 0 Å². The van der Waals surface area contributed by atoms with Gasteiger partial charge in [0.2, 0.25) is 0 Å². The van der Waals surface area contributed by atoms with Gasteiger partial charge in [-0.15, -0.1) is 0 Å². The highest BCUT2D eigenvalue weighted by Crippen LogP contribution is 2.24. The summed E-state index contributed by atoms with van der Waals surface area (Å²) in [7, 11) is 0.239. The molecule has 0 saturated heterocycles. The molecule has 2 aromatic carbocycles. The number of rotatable bonds is 11. The molecule has 0 amide bonds. The summed E-state index contributed by atoms with van der Waals surface area (Å²) >= 11 is 0. The SMILES string of the molecule is CCCCCCCCCC[S+](c1ccccc1)c1ccccc1. The Morgan fingerprint density at radius 1 is 0.565 bits per heavy atom. The molecule has 2 rings (SSSR count). The average molecular weight is 328 g/mol. The quantitative estimate of drug-likeness (QED) is 0.312. The van der Waals surface area contributed by atoms with Crippen molar-refractivity contribution in [2.24, 2.45) is 0 Å². The zero-order valence-electron chi connectivity index (χ0n) is 14.5. The van der Waals surface area contributed by atoms with Gasteiger partial charge in [0.25, 0.3) is 0 Å². The summed E-state index contributed by atoms with van der Waals surface area (Å²) in [4.78, 5) is 2.98. The maximum Gasteiger partial charge on any atom is 0.160 e. The van der Waals surface area contributed by atoms with Crippen LogP contribution in [0.2, 0.25) is 0 Å². The van der Waals surface area contributed by atoms with E-state index < -0.39 is 0 Å². The highest BCUT2D eigenvalue weighted by molar-refractivity contribution is 7.97. The number of benzene rings is 2. The molecule has 0 heterocycles. The van der Waals surface area contributed by atoms with Crippen LogP contribution in [-0.4, -0.2) is 5.75 Å². The summed E-state index contributed by atoms with van der Waals surface area (Å²) < 4.78 is 0. The fourth-order valence-corrected chi connectivity index (χ4v) is 5.13. The van der Waals surface area contributed by atoms with Crippen molar-refractivity contribution in [3.8, 4) is 0 Å². The lowest BCUT2D eigenvalue weighted by atomic mass is 10.1. The van der Waals surface area contributed by atoms with Gasteiger partial charge in [0.1, 0.15) is 5.75 Å². The molecule has 0 aliphatic heterocycles. The van der Waals surface area contributed by atoms with E-state index in [1.54, 1.807) is 0 Å². The molecule has 0 fully saturated rings. The van der Waals surface area contributed by atoms with Gasteiger partial charge in [0.05, 0.1) is 10.9 Å². The second-order valence-corrected chi connectivity index (χ2v) is 8.33. The van der Waals surface area contributed by atoms with Crippen molar-refractivity contribution in [2.45, 2.75) is 68.1 Å². The summed E-state index contributed by atoms with van der Waals surface area (Å²) in [5.41, 5.74) is 0. The van der Waals surface area contributed by atoms with Gasteiger partial charge >= 0.3 is 0 Å². The fraction of sp³-hybridized carbons (Fsp3) is 0.455. The predicted molar refractivity (Wildman–Crippen MR) is 104 cm³/mol. The van der Waals surface area contributed by atoms with Crippen LogP contribution in [0.5, 0.6) is 0 Å². The molecule has 0 radical (unpaired) electrons. The van der Waals surface area contributed by atoms with Crippen molar-refractivity contribution in [2.75, 3.05) is 5.75 Å². The van der Waals surface area contributed by atoms with Gasteiger partial charge < -0.3 is 0 Å². The van der Waals surface area contributed by atoms with Crippen molar-refractivity contribution in [3.05, 3.63) is 60.7 Å². The third-order valence-corrected chi connectivity index (χ3v) is 6.64. The zero-order valence-corrected chi connectivity index (χ0v) is 15.4. The van der Waals surface area contributed by atoms with Crippen LogP contribution in [0.25, 0.3) is 0 Å². The second kappa shape index (κ2) is 11.3. The molecular formula is C22H31S+. The van der Waals surface area contributed by atoms with Gasteiger partial charge in [-0.25, -0.2) is 0 Å². The molecule has 0 bridgehead atoms. The summed E-state index contributed by atoms with van der Waals surface area (Å²) in [6.45, 7) is 2.29. The molecule has 0 aliphatic carbocycles. The zero-order chi connectivity index (χ0) is 16.2. The summed E-state index contributed by atoms with van der Waals surface area (Å²) in [5, 5.41) is 0. The highest BCUT2D eigenvalue weighted by atomic mass is 32.2. The van der Waals surface area contributed by atoms with Crippen LogP contribution < -0.4 is 0 Å². The molecule has 23 heavy (non-hydrogen) atoms. The van der Waals surface area contributed by atoms with E-state index in [-0.39, 0.29) is 10.9 Å². The maximum absolute atomic E-state index is 2.29. The van der Waals surface area contributed by atoms with E-state index in [0.717, 1.165) is 0 Å². The molecule has 0 aliphatic rings. The Morgan fingerprint density at radius 2 is 1.00 bits per heavy atom. The van der Waals surface area contributed by atoms with E-state index in [9.17, 15) is 0 Å². The first kappa shape index (κ1) is 18.1. The van der Waals surface area contributed by atoms with Crippen LogP contribution in [0.4, 0.5) is 0 Å². The lowest BCUT2D eigenvalue weighted by Crippen LogP contribution is -2.08. The summed E-state index contributed by atoms with van der Waals surface area (Å²) in [6.07, 6.45) is 11.2. The Balaban J connectivity index is 1.80. The van der Waals surface area contributed by atoms with E-state index in [4.69, 9.17) is 0 Å². The number of hydrogen-bond donors (Lipinski definition) is 0. The third-order valence-electron chi connectivity index (χ3n) is 4.26. The maximum atomic E-state index is 2.29. The van der Waals surface area contributed by atoms with Gasteiger partial charge in [0.15, 0.2) is 9.79 Å². The first-order valence-corrected chi connectivity index (χ1v) is 10.6. The Labute approximate surface area is 145 Å². The van der Waals surface area contributed by atoms with Gasteiger partial charge in [-0.3, -0.25) is 0 Å². The lowest BCUT2D eigenvalue weighted by Gasteiger charge is -2.08. The van der Waals surface area contributed by atoms with Gasteiger partial charge in [0, 0.05) is 0 Å². The standard InChI is InChI=1S/C22H31S/c1-2-3-4-5-6-7-8-15-20-23(21-16-11-9-12-17-21)22-18-13-10-14-19-22/h9-14,16-19H,2-8,15,20H2,1H3/q+1. The van der Waals surface area contributed by atoms with E-state index in [2.05, 4.69) is 67.6 Å². The van der Waals surface area contributed by atoms with Crippen LogP contribution >= 0.6 is 0 Å². The molecule has 0 spiro atoms. The summed E-state index contributed by atoms with van der Waals surface area (Å²) in [6, 6.07) is 22.1. The Hall–Kier alpha value is -1.21. The van der Waals surface area contributed by atoms with Gasteiger partial charge in [-0.1, -0.05) is 81.8 Å². The Morgan fingerprint density at radius 3 is 1.48 bits per heavy atom. The molecule has 2 aromatic rings. The Kier molecular flexibility index (Phi) is 8.94. The first-order valence-electron chi connectivity index (χ1n) is 9.23. The van der Waals surface area contributed by atoms with Crippen LogP contribution in [0.15, 0.2) is 70.5 Å². The van der Waals surface area contributed by atoms with Crippen molar-refractivity contribution in [1.82, 2.24) is 0 Å². The lowest BCUT2D eigenvalue weighted by molar-refractivity contribution is 0.586. The molecule has 0 saturated carbocycles. The third kappa shape index (κ3) is 6.83. The normalized spacial score (nSPS) is 11.0. The molecule has 124 valence electrons. The van der Waals surface area contributed by atoms with Gasteiger partial charge in [-0.2, -0.15) is 0 Å². The van der Waals surface area contributed by atoms with Gasteiger partial charge in [-0.05, 0) is 37.1 Å². The minimum absolute atomic E-state index is 0.239. The smallest absolute Gasteiger partial charge is 0.0654 e. The molecule has 0 aromatic heterocycles. The molecule has 0 N–H and O–H groups in total. The average Bonchev–Trinajstić information content (AvgIpc) is 2.62. The first-order chi connectivity index (χ1) is 11.4. The molecule has 0 unspecified atom stereocenters.